The number of hydrogen-bond donors (Lipinski definition) is 2. The summed E-state index contributed by atoms with van der Waals surface area (Å²) in [6, 6.07) is 0.0541. The first-order valence-electron chi connectivity index (χ1n) is 6.95. The van der Waals surface area contributed by atoms with Crippen LogP contribution in [0.3, 0.4) is 0 Å². The number of carbonyl (C=O) groups excluding carboxylic acids is 1. The Morgan fingerprint density at radius 3 is 2.67 bits per heavy atom. The first-order chi connectivity index (χ1) is 8.36. The van der Waals surface area contributed by atoms with Crippen LogP contribution in [0, 0.1) is 5.92 Å². The van der Waals surface area contributed by atoms with E-state index in [2.05, 4.69) is 10.6 Å². The van der Waals surface area contributed by atoms with Crippen LogP contribution in [0.25, 0.3) is 0 Å². The number of rotatable bonds is 4. The van der Waals surface area contributed by atoms with E-state index < -0.39 is 0 Å². The number of hydrogen-bond acceptors (Lipinski definition) is 3. The zero-order chi connectivity index (χ0) is 11.9. The van der Waals surface area contributed by atoms with Crippen LogP contribution >= 0.6 is 12.4 Å². The van der Waals surface area contributed by atoms with Crippen molar-refractivity contribution in [2.45, 2.75) is 44.6 Å². The van der Waals surface area contributed by atoms with Crippen molar-refractivity contribution in [2.24, 2.45) is 5.92 Å². The van der Waals surface area contributed by atoms with E-state index in [1.807, 2.05) is 0 Å². The number of piperidine rings is 1. The van der Waals surface area contributed by atoms with Crippen LogP contribution < -0.4 is 10.6 Å². The standard InChI is InChI=1S/C13H24N2O2.ClH/c16-13(12-3-1-2-7-14-12)15-8-4-11-5-9-17-10-6-11;/h11-12,14H,1-10H2,(H,15,16);1H/t12-;/m1./s1. The molecule has 4 nitrogen and oxygen atoms in total. The molecule has 1 amide bonds. The fourth-order valence-electron chi connectivity index (χ4n) is 2.63. The Hall–Kier alpha value is -0.320. The highest BCUT2D eigenvalue weighted by Crippen LogP contribution is 2.17. The summed E-state index contributed by atoms with van der Waals surface area (Å²) in [5, 5.41) is 6.33. The molecule has 0 spiro atoms. The molecular weight excluding hydrogens is 252 g/mol. The van der Waals surface area contributed by atoms with Crippen LogP contribution in [0.5, 0.6) is 0 Å². The van der Waals surface area contributed by atoms with E-state index in [1.165, 1.54) is 12.8 Å². The highest BCUT2D eigenvalue weighted by Gasteiger charge is 2.20. The van der Waals surface area contributed by atoms with Crippen molar-refractivity contribution in [1.82, 2.24) is 10.6 Å². The normalized spacial score (nSPS) is 25.2. The molecule has 106 valence electrons. The van der Waals surface area contributed by atoms with Crippen LogP contribution in [-0.2, 0) is 9.53 Å². The van der Waals surface area contributed by atoms with Gasteiger partial charge in [0.15, 0.2) is 0 Å². The second-order valence-corrected chi connectivity index (χ2v) is 5.14. The van der Waals surface area contributed by atoms with Crippen LogP contribution in [0.2, 0.25) is 0 Å². The van der Waals surface area contributed by atoms with Gasteiger partial charge < -0.3 is 15.4 Å². The Labute approximate surface area is 116 Å². The molecule has 2 saturated heterocycles. The molecule has 0 bridgehead atoms. The number of carbonyl (C=O) groups is 1. The Kier molecular flexibility index (Phi) is 7.63. The predicted molar refractivity (Wildman–Crippen MR) is 74.1 cm³/mol. The predicted octanol–water partition coefficient (Wildman–Crippen LogP) is 1.48. The summed E-state index contributed by atoms with van der Waals surface area (Å²) in [6.45, 7) is 3.59. The van der Waals surface area contributed by atoms with Gasteiger partial charge in [0.05, 0.1) is 6.04 Å². The van der Waals surface area contributed by atoms with E-state index >= 15 is 0 Å². The number of ether oxygens (including phenoxy) is 1. The molecule has 2 rings (SSSR count). The van der Waals surface area contributed by atoms with Gasteiger partial charge in [0.1, 0.15) is 0 Å². The minimum absolute atomic E-state index is 0. The fourth-order valence-corrected chi connectivity index (χ4v) is 2.63. The van der Waals surface area contributed by atoms with E-state index in [9.17, 15) is 4.79 Å². The van der Waals surface area contributed by atoms with Crippen LogP contribution in [0.15, 0.2) is 0 Å². The smallest absolute Gasteiger partial charge is 0.237 e. The first-order valence-corrected chi connectivity index (χ1v) is 6.95. The number of nitrogens with one attached hydrogen (secondary N) is 2. The molecule has 0 aromatic rings. The van der Waals surface area contributed by atoms with Gasteiger partial charge in [0.25, 0.3) is 0 Å². The fraction of sp³-hybridized carbons (Fsp3) is 0.923. The van der Waals surface area contributed by atoms with Gasteiger partial charge in [-0.1, -0.05) is 6.42 Å². The zero-order valence-corrected chi connectivity index (χ0v) is 11.8. The maximum absolute atomic E-state index is 11.8. The van der Waals surface area contributed by atoms with Crippen molar-refractivity contribution < 1.29 is 9.53 Å². The quantitative estimate of drug-likeness (QED) is 0.818. The van der Waals surface area contributed by atoms with E-state index in [0.29, 0.717) is 0 Å². The molecule has 2 fully saturated rings. The average molecular weight is 277 g/mol. The molecule has 0 radical (unpaired) electrons. The van der Waals surface area contributed by atoms with Gasteiger partial charge in [0.2, 0.25) is 5.91 Å². The Balaban J connectivity index is 0.00000162. The third-order valence-electron chi connectivity index (χ3n) is 3.82. The molecular formula is C13H25ClN2O2. The highest BCUT2D eigenvalue weighted by atomic mass is 35.5. The van der Waals surface area contributed by atoms with Gasteiger partial charge >= 0.3 is 0 Å². The van der Waals surface area contributed by atoms with Gasteiger partial charge in [0, 0.05) is 19.8 Å². The maximum atomic E-state index is 11.8. The van der Waals surface area contributed by atoms with Gasteiger partial charge in [-0.2, -0.15) is 0 Å². The summed E-state index contributed by atoms with van der Waals surface area (Å²) in [4.78, 5) is 11.8. The molecule has 1 atom stereocenters. The highest BCUT2D eigenvalue weighted by molar-refractivity contribution is 5.85. The molecule has 0 unspecified atom stereocenters. The van der Waals surface area contributed by atoms with Crippen LogP contribution in [0.1, 0.15) is 38.5 Å². The van der Waals surface area contributed by atoms with Crippen LogP contribution in [-0.4, -0.2) is 38.3 Å². The summed E-state index contributed by atoms with van der Waals surface area (Å²) in [5.41, 5.74) is 0. The lowest BCUT2D eigenvalue weighted by atomic mass is 9.96. The number of halogens is 1. The van der Waals surface area contributed by atoms with E-state index in [-0.39, 0.29) is 24.4 Å². The van der Waals surface area contributed by atoms with Crippen molar-refractivity contribution in [1.29, 1.82) is 0 Å². The summed E-state index contributed by atoms with van der Waals surface area (Å²) in [7, 11) is 0. The molecule has 0 aromatic heterocycles. The molecule has 0 aromatic carbocycles. The second-order valence-electron chi connectivity index (χ2n) is 5.14. The average Bonchev–Trinajstić information content (AvgIpc) is 2.41. The largest absolute Gasteiger partial charge is 0.381 e. The lowest BCUT2D eigenvalue weighted by molar-refractivity contribution is -0.123. The Bertz CT molecular complexity index is 239. The maximum Gasteiger partial charge on any atom is 0.237 e. The molecule has 18 heavy (non-hydrogen) atoms. The molecule has 2 heterocycles. The zero-order valence-electron chi connectivity index (χ0n) is 11.0. The molecule has 0 saturated carbocycles. The van der Waals surface area contributed by atoms with Gasteiger partial charge in [-0.25, -0.2) is 0 Å². The minimum atomic E-state index is 0. The second kappa shape index (κ2) is 8.73. The van der Waals surface area contributed by atoms with E-state index in [1.54, 1.807) is 0 Å². The van der Waals surface area contributed by atoms with Crippen molar-refractivity contribution >= 4 is 18.3 Å². The summed E-state index contributed by atoms with van der Waals surface area (Å²) in [6.07, 6.45) is 6.76. The Morgan fingerprint density at radius 1 is 1.22 bits per heavy atom. The van der Waals surface area contributed by atoms with E-state index in [0.717, 1.165) is 57.9 Å². The van der Waals surface area contributed by atoms with Gasteiger partial charge in [-0.3, -0.25) is 4.79 Å². The van der Waals surface area contributed by atoms with Gasteiger partial charge in [-0.05, 0) is 44.6 Å². The van der Waals surface area contributed by atoms with Crippen molar-refractivity contribution in [2.75, 3.05) is 26.3 Å². The minimum Gasteiger partial charge on any atom is -0.381 e. The molecule has 2 N–H and O–H groups in total. The molecule has 5 heteroatoms. The lowest BCUT2D eigenvalue weighted by Crippen LogP contribution is -2.47. The lowest BCUT2D eigenvalue weighted by Gasteiger charge is -2.24. The van der Waals surface area contributed by atoms with Crippen molar-refractivity contribution in [3.05, 3.63) is 0 Å². The first kappa shape index (κ1) is 15.7. The number of amides is 1. The third kappa shape index (κ3) is 5.12. The molecule has 2 aliphatic rings. The summed E-state index contributed by atoms with van der Waals surface area (Å²) in [5.74, 6) is 0.931. The molecule has 2 aliphatic heterocycles. The summed E-state index contributed by atoms with van der Waals surface area (Å²) >= 11 is 0. The SMILES string of the molecule is Cl.O=C(NCCC1CCOCC1)[C@H]1CCCCN1. The topological polar surface area (TPSA) is 50.4 Å². The van der Waals surface area contributed by atoms with Crippen LogP contribution in [0.4, 0.5) is 0 Å². The third-order valence-corrected chi connectivity index (χ3v) is 3.82. The van der Waals surface area contributed by atoms with E-state index in [4.69, 9.17) is 4.74 Å². The van der Waals surface area contributed by atoms with Gasteiger partial charge in [-0.15, -0.1) is 12.4 Å². The summed E-state index contributed by atoms with van der Waals surface area (Å²) < 4.78 is 5.32. The monoisotopic (exact) mass is 276 g/mol. The van der Waals surface area contributed by atoms with Crippen molar-refractivity contribution in [3.63, 3.8) is 0 Å². The Morgan fingerprint density at radius 2 is 2.00 bits per heavy atom. The van der Waals surface area contributed by atoms with Crippen molar-refractivity contribution in [3.8, 4) is 0 Å². The molecule has 0 aliphatic carbocycles.